The molecule has 2 aromatic carbocycles. The molecule has 1 heterocycles. The molecule has 0 unspecified atom stereocenters. The molecule has 0 saturated carbocycles. The summed E-state index contributed by atoms with van der Waals surface area (Å²) in [4.78, 5) is 8.43. The SMILES string of the molecule is COc1ccc(-c2c(/C=C3/N=CC(C)=N3)cc(F)c(O)c2OC)cc1. The summed E-state index contributed by atoms with van der Waals surface area (Å²) in [6, 6.07) is 8.41. The van der Waals surface area contributed by atoms with Crippen molar-refractivity contribution in [2.24, 2.45) is 9.98 Å². The van der Waals surface area contributed by atoms with Crippen molar-refractivity contribution in [1.82, 2.24) is 0 Å². The molecule has 0 amide bonds. The third kappa shape index (κ3) is 3.24. The highest BCUT2D eigenvalue weighted by Gasteiger charge is 2.20. The summed E-state index contributed by atoms with van der Waals surface area (Å²) in [5, 5.41) is 10.1. The van der Waals surface area contributed by atoms with Crippen molar-refractivity contribution in [1.29, 1.82) is 0 Å². The van der Waals surface area contributed by atoms with Crippen LogP contribution < -0.4 is 9.47 Å². The molecule has 5 nitrogen and oxygen atoms in total. The summed E-state index contributed by atoms with van der Waals surface area (Å²) in [7, 11) is 2.96. The molecule has 0 aromatic heterocycles. The molecule has 0 radical (unpaired) electrons. The first-order valence-corrected chi connectivity index (χ1v) is 7.58. The molecule has 128 valence electrons. The van der Waals surface area contributed by atoms with Crippen molar-refractivity contribution >= 4 is 18.0 Å². The molecular weight excluding hydrogens is 323 g/mol. The highest BCUT2D eigenvalue weighted by Crippen LogP contribution is 2.43. The van der Waals surface area contributed by atoms with E-state index < -0.39 is 11.6 Å². The first-order chi connectivity index (χ1) is 12.0. The van der Waals surface area contributed by atoms with E-state index in [1.165, 1.54) is 13.2 Å². The molecule has 3 rings (SSSR count). The van der Waals surface area contributed by atoms with Gasteiger partial charge < -0.3 is 14.6 Å². The Morgan fingerprint density at radius 3 is 2.40 bits per heavy atom. The van der Waals surface area contributed by atoms with E-state index in [9.17, 15) is 9.50 Å². The molecule has 0 saturated heterocycles. The molecule has 2 aromatic rings. The Morgan fingerprint density at radius 2 is 1.84 bits per heavy atom. The highest BCUT2D eigenvalue weighted by atomic mass is 19.1. The van der Waals surface area contributed by atoms with Gasteiger partial charge in [0.2, 0.25) is 0 Å². The Kier molecular flexibility index (Phi) is 4.52. The number of benzene rings is 2. The fourth-order valence-electron chi connectivity index (χ4n) is 2.61. The van der Waals surface area contributed by atoms with E-state index in [2.05, 4.69) is 9.98 Å². The van der Waals surface area contributed by atoms with Crippen LogP contribution in [0.1, 0.15) is 12.5 Å². The molecule has 25 heavy (non-hydrogen) atoms. The van der Waals surface area contributed by atoms with E-state index >= 15 is 0 Å². The van der Waals surface area contributed by atoms with E-state index in [1.54, 1.807) is 31.5 Å². The molecule has 1 aliphatic heterocycles. The lowest BCUT2D eigenvalue weighted by Gasteiger charge is -2.15. The van der Waals surface area contributed by atoms with Crippen LogP contribution in [-0.4, -0.2) is 31.3 Å². The van der Waals surface area contributed by atoms with Gasteiger partial charge in [0, 0.05) is 5.56 Å². The van der Waals surface area contributed by atoms with E-state index in [0.717, 1.165) is 11.3 Å². The quantitative estimate of drug-likeness (QED) is 0.913. The summed E-state index contributed by atoms with van der Waals surface area (Å²) >= 11 is 0. The third-order valence-electron chi connectivity index (χ3n) is 3.78. The zero-order chi connectivity index (χ0) is 18.0. The highest BCUT2D eigenvalue weighted by molar-refractivity contribution is 6.31. The number of hydrogen-bond donors (Lipinski definition) is 1. The van der Waals surface area contributed by atoms with Crippen LogP contribution in [0.2, 0.25) is 0 Å². The van der Waals surface area contributed by atoms with Gasteiger partial charge in [-0.05, 0) is 42.3 Å². The number of aromatic hydroxyl groups is 1. The van der Waals surface area contributed by atoms with Crippen molar-refractivity contribution in [3.8, 4) is 28.4 Å². The largest absolute Gasteiger partial charge is 0.502 e. The van der Waals surface area contributed by atoms with Crippen LogP contribution in [0.4, 0.5) is 4.39 Å². The topological polar surface area (TPSA) is 63.4 Å². The summed E-state index contributed by atoms with van der Waals surface area (Å²) < 4.78 is 24.6. The maximum Gasteiger partial charge on any atom is 0.194 e. The van der Waals surface area contributed by atoms with Gasteiger partial charge in [-0.15, -0.1) is 0 Å². The minimum absolute atomic E-state index is 0.0553. The fraction of sp³-hybridized carbons (Fsp3) is 0.158. The average molecular weight is 340 g/mol. The normalized spacial score (nSPS) is 14.7. The Bertz CT molecular complexity index is 900. The second-order valence-electron chi connectivity index (χ2n) is 5.45. The van der Waals surface area contributed by atoms with E-state index in [0.29, 0.717) is 22.7 Å². The second-order valence-corrected chi connectivity index (χ2v) is 5.45. The van der Waals surface area contributed by atoms with Crippen molar-refractivity contribution in [3.05, 3.63) is 47.5 Å². The minimum Gasteiger partial charge on any atom is -0.502 e. The number of hydrogen-bond acceptors (Lipinski definition) is 5. The van der Waals surface area contributed by atoms with Gasteiger partial charge in [-0.25, -0.2) is 14.4 Å². The van der Waals surface area contributed by atoms with E-state index in [-0.39, 0.29) is 5.75 Å². The van der Waals surface area contributed by atoms with Crippen LogP contribution in [0.25, 0.3) is 17.2 Å². The predicted octanol–water partition coefficient (Wildman–Crippen LogP) is 4.06. The number of phenolic OH excluding ortho intramolecular Hbond substituents is 1. The number of methoxy groups -OCH3 is 2. The van der Waals surface area contributed by atoms with Crippen molar-refractivity contribution in [2.45, 2.75) is 6.92 Å². The molecule has 0 atom stereocenters. The standard InChI is InChI=1S/C19H17FN2O3/c1-11-10-21-16(22-11)9-13-8-15(20)18(23)19(25-3)17(13)12-4-6-14(24-2)7-5-12/h4-10,23H,1-3H3/b16-9-. The van der Waals surface area contributed by atoms with Crippen LogP contribution >= 0.6 is 0 Å². The van der Waals surface area contributed by atoms with Crippen molar-refractivity contribution in [3.63, 3.8) is 0 Å². The molecule has 1 N–H and O–H groups in total. The first kappa shape index (κ1) is 16.7. The predicted molar refractivity (Wildman–Crippen MR) is 96.2 cm³/mol. The Balaban J connectivity index is 2.23. The Morgan fingerprint density at radius 1 is 1.12 bits per heavy atom. The van der Waals surface area contributed by atoms with E-state index in [4.69, 9.17) is 9.47 Å². The van der Waals surface area contributed by atoms with E-state index in [1.807, 2.05) is 19.1 Å². The van der Waals surface area contributed by atoms with Gasteiger partial charge >= 0.3 is 0 Å². The zero-order valence-electron chi connectivity index (χ0n) is 14.1. The Labute approximate surface area is 144 Å². The first-order valence-electron chi connectivity index (χ1n) is 7.58. The zero-order valence-corrected chi connectivity index (χ0v) is 14.1. The molecule has 6 heteroatoms. The van der Waals surface area contributed by atoms with Gasteiger partial charge in [0.05, 0.1) is 26.1 Å². The maximum atomic E-state index is 14.1. The maximum absolute atomic E-state index is 14.1. The molecule has 0 fully saturated rings. The van der Waals surface area contributed by atoms with Crippen LogP contribution in [0.15, 0.2) is 46.1 Å². The lowest BCUT2D eigenvalue weighted by Crippen LogP contribution is -1.95. The van der Waals surface area contributed by atoms with Gasteiger partial charge in [-0.2, -0.15) is 0 Å². The van der Waals surface area contributed by atoms with Gasteiger partial charge in [0.1, 0.15) is 5.75 Å². The Hall–Kier alpha value is -3.15. The molecule has 0 bridgehead atoms. The summed E-state index contributed by atoms with van der Waals surface area (Å²) in [5.74, 6) is -0.109. The molecular formula is C19H17FN2O3. The average Bonchev–Trinajstić information content (AvgIpc) is 3.02. The van der Waals surface area contributed by atoms with Crippen LogP contribution in [-0.2, 0) is 0 Å². The number of aliphatic imine (C=N–C) groups is 2. The van der Waals surface area contributed by atoms with Gasteiger partial charge in [-0.1, -0.05) is 12.1 Å². The number of halogens is 1. The molecule has 0 spiro atoms. The van der Waals surface area contributed by atoms with Gasteiger partial charge in [-0.3, -0.25) is 0 Å². The third-order valence-corrected chi connectivity index (χ3v) is 3.78. The van der Waals surface area contributed by atoms with Crippen LogP contribution in [0.3, 0.4) is 0 Å². The van der Waals surface area contributed by atoms with Crippen molar-refractivity contribution in [2.75, 3.05) is 14.2 Å². The monoisotopic (exact) mass is 340 g/mol. The summed E-state index contributed by atoms with van der Waals surface area (Å²) in [6.07, 6.45) is 3.28. The number of rotatable bonds is 4. The van der Waals surface area contributed by atoms with Gasteiger partial charge in [0.15, 0.2) is 23.1 Å². The van der Waals surface area contributed by atoms with Crippen LogP contribution in [0.5, 0.6) is 17.2 Å². The lowest BCUT2D eigenvalue weighted by atomic mass is 9.97. The summed E-state index contributed by atoms with van der Waals surface area (Å²) in [6.45, 7) is 1.83. The fourth-order valence-corrected chi connectivity index (χ4v) is 2.61. The summed E-state index contributed by atoms with van der Waals surface area (Å²) in [5.41, 5.74) is 2.56. The lowest BCUT2D eigenvalue weighted by molar-refractivity contribution is 0.358. The molecule has 1 aliphatic rings. The minimum atomic E-state index is -0.774. The second kappa shape index (κ2) is 6.76. The number of phenols is 1. The smallest absolute Gasteiger partial charge is 0.194 e. The number of ether oxygens (including phenoxy) is 2. The van der Waals surface area contributed by atoms with Crippen LogP contribution in [0, 0.1) is 5.82 Å². The van der Waals surface area contributed by atoms with Gasteiger partial charge in [0.25, 0.3) is 0 Å². The molecule has 0 aliphatic carbocycles. The van der Waals surface area contributed by atoms with Crippen molar-refractivity contribution < 1.29 is 19.0 Å². The number of nitrogens with zero attached hydrogens (tertiary/aromatic N) is 2.